The van der Waals surface area contributed by atoms with Gasteiger partial charge in [0.25, 0.3) is 5.91 Å². The van der Waals surface area contributed by atoms with Gasteiger partial charge in [0.1, 0.15) is 0 Å². The molecule has 1 N–H and O–H groups in total. The first-order chi connectivity index (χ1) is 13.0. The molecule has 6 nitrogen and oxygen atoms in total. The minimum atomic E-state index is -0.829. The van der Waals surface area contributed by atoms with Gasteiger partial charge >= 0.3 is 5.97 Å². The molecule has 0 bridgehead atoms. The Bertz CT molecular complexity index is 885. The number of nitrogens with zero attached hydrogens (tertiary/aromatic N) is 3. The summed E-state index contributed by atoms with van der Waals surface area (Å²) in [6.45, 7) is 4.42. The topological polar surface area (TPSA) is 75.4 Å². The molecule has 1 aliphatic heterocycles. The van der Waals surface area contributed by atoms with Crippen molar-refractivity contribution in [2.24, 2.45) is 5.92 Å². The van der Waals surface area contributed by atoms with Gasteiger partial charge in [-0.1, -0.05) is 19.1 Å². The quantitative estimate of drug-likeness (QED) is 0.902. The van der Waals surface area contributed by atoms with Gasteiger partial charge in [0.15, 0.2) is 5.69 Å². The smallest absolute Gasteiger partial charge is 0.308 e. The summed E-state index contributed by atoms with van der Waals surface area (Å²) in [5.74, 6) is -1.46. The zero-order valence-electron chi connectivity index (χ0n) is 15.8. The van der Waals surface area contributed by atoms with E-state index in [1.165, 1.54) is 5.56 Å². The number of carbonyl (C=O) groups is 2. The van der Waals surface area contributed by atoms with Crippen molar-refractivity contribution in [1.29, 1.82) is 0 Å². The average Bonchev–Trinajstić information content (AvgIpc) is 3.36. The van der Waals surface area contributed by atoms with Crippen molar-refractivity contribution >= 4 is 11.9 Å². The zero-order valence-corrected chi connectivity index (χ0v) is 15.8. The van der Waals surface area contributed by atoms with Crippen molar-refractivity contribution in [3.05, 3.63) is 46.8 Å². The third kappa shape index (κ3) is 2.93. The van der Waals surface area contributed by atoms with Crippen LogP contribution in [0.15, 0.2) is 24.3 Å². The molecule has 1 fully saturated rings. The number of likely N-dealkylation sites (tertiary alicyclic amines) is 1. The number of aromatic nitrogens is 2. The number of carbonyl (C=O) groups excluding carboxylic acids is 1. The lowest BCUT2D eigenvalue weighted by Crippen LogP contribution is -2.38. The number of benzene rings is 1. The van der Waals surface area contributed by atoms with E-state index in [1.54, 1.807) is 4.90 Å². The summed E-state index contributed by atoms with van der Waals surface area (Å²) in [4.78, 5) is 26.3. The fraction of sp³-hybridized carbons (Fsp3) is 0.476. The van der Waals surface area contributed by atoms with E-state index >= 15 is 0 Å². The van der Waals surface area contributed by atoms with E-state index in [-0.39, 0.29) is 11.9 Å². The Kier molecular flexibility index (Phi) is 4.50. The van der Waals surface area contributed by atoms with E-state index in [4.69, 9.17) is 0 Å². The molecule has 2 atom stereocenters. The first-order valence-corrected chi connectivity index (χ1v) is 9.75. The van der Waals surface area contributed by atoms with Crippen LogP contribution in [0.2, 0.25) is 0 Å². The predicted molar refractivity (Wildman–Crippen MR) is 101 cm³/mol. The van der Waals surface area contributed by atoms with Gasteiger partial charge in [-0.3, -0.25) is 9.59 Å². The van der Waals surface area contributed by atoms with Crippen LogP contribution in [-0.4, -0.2) is 44.3 Å². The molecular weight excluding hydrogens is 342 g/mol. The van der Waals surface area contributed by atoms with Crippen LogP contribution in [0.25, 0.3) is 5.69 Å². The Morgan fingerprint density at radius 1 is 1.22 bits per heavy atom. The van der Waals surface area contributed by atoms with Crippen LogP contribution in [0, 0.1) is 5.92 Å². The lowest BCUT2D eigenvalue weighted by Gasteiger charge is -2.22. The fourth-order valence-corrected chi connectivity index (χ4v) is 4.39. The van der Waals surface area contributed by atoms with Crippen LogP contribution in [0.3, 0.4) is 0 Å². The standard InChI is InChI=1S/C21H25N3O3/c1-3-14-7-9-15(10-8-14)24-18-6-4-5-17(18)19(22-24)20(25)23-12-11-16(13(23)2)21(26)27/h7-10,13,16H,3-6,11-12H2,1-2H3,(H,26,27). The molecule has 2 aromatic rings. The molecule has 1 aliphatic carbocycles. The lowest BCUT2D eigenvalue weighted by atomic mass is 10.0. The first kappa shape index (κ1) is 17.8. The second-order valence-electron chi connectivity index (χ2n) is 7.53. The van der Waals surface area contributed by atoms with E-state index < -0.39 is 11.9 Å². The number of carboxylic acid groups (broad SMARTS) is 1. The Balaban J connectivity index is 1.68. The van der Waals surface area contributed by atoms with Crippen LogP contribution in [0.1, 0.15) is 54.0 Å². The number of aryl methyl sites for hydroxylation is 1. The molecule has 0 saturated carbocycles. The highest BCUT2D eigenvalue weighted by Crippen LogP contribution is 2.31. The predicted octanol–water partition coefficient (Wildman–Crippen LogP) is 2.86. The van der Waals surface area contributed by atoms with Gasteiger partial charge in [-0.15, -0.1) is 0 Å². The maximum Gasteiger partial charge on any atom is 0.308 e. The maximum atomic E-state index is 13.2. The molecule has 0 radical (unpaired) electrons. The van der Waals surface area contributed by atoms with Gasteiger partial charge in [-0.25, -0.2) is 4.68 Å². The number of carboxylic acids is 1. The minimum Gasteiger partial charge on any atom is -0.481 e. The van der Waals surface area contributed by atoms with Gasteiger partial charge in [-0.05, 0) is 56.7 Å². The van der Waals surface area contributed by atoms with Crippen LogP contribution >= 0.6 is 0 Å². The second kappa shape index (κ2) is 6.83. The van der Waals surface area contributed by atoms with Crippen molar-refractivity contribution in [3.8, 4) is 5.69 Å². The van der Waals surface area contributed by atoms with E-state index in [0.717, 1.165) is 42.6 Å². The summed E-state index contributed by atoms with van der Waals surface area (Å²) in [6, 6.07) is 8.00. The van der Waals surface area contributed by atoms with Gasteiger partial charge in [0.05, 0.1) is 11.6 Å². The average molecular weight is 367 g/mol. The lowest BCUT2D eigenvalue weighted by molar-refractivity contribution is -0.142. The highest BCUT2D eigenvalue weighted by molar-refractivity contribution is 5.95. The van der Waals surface area contributed by atoms with Crippen LogP contribution in [0.4, 0.5) is 0 Å². The molecule has 1 amide bonds. The number of fused-ring (bicyclic) bond motifs is 1. The van der Waals surface area contributed by atoms with E-state index in [9.17, 15) is 14.7 Å². The maximum absolute atomic E-state index is 13.2. The van der Waals surface area contributed by atoms with Gasteiger partial charge < -0.3 is 10.0 Å². The normalized spacial score (nSPS) is 21.5. The fourth-order valence-electron chi connectivity index (χ4n) is 4.39. The molecule has 0 spiro atoms. The van der Waals surface area contributed by atoms with E-state index in [2.05, 4.69) is 36.3 Å². The summed E-state index contributed by atoms with van der Waals surface area (Å²) < 4.78 is 1.91. The summed E-state index contributed by atoms with van der Waals surface area (Å²) in [5.41, 5.74) is 4.89. The summed E-state index contributed by atoms with van der Waals surface area (Å²) in [6.07, 6.45) is 4.28. The number of amides is 1. The molecule has 2 unspecified atom stereocenters. The van der Waals surface area contributed by atoms with E-state index in [1.807, 2.05) is 11.6 Å². The van der Waals surface area contributed by atoms with Gasteiger partial charge in [0.2, 0.25) is 0 Å². The Labute approximate surface area is 158 Å². The molecular formula is C21H25N3O3. The Morgan fingerprint density at radius 2 is 1.96 bits per heavy atom. The van der Waals surface area contributed by atoms with Crippen molar-refractivity contribution < 1.29 is 14.7 Å². The zero-order chi connectivity index (χ0) is 19.1. The SMILES string of the molecule is CCc1ccc(-n2nc(C(=O)N3CCC(C(=O)O)C3C)c3c2CCC3)cc1. The first-order valence-electron chi connectivity index (χ1n) is 9.75. The molecule has 6 heteroatoms. The Morgan fingerprint density at radius 3 is 2.59 bits per heavy atom. The third-order valence-corrected chi connectivity index (χ3v) is 6.05. The molecule has 27 heavy (non-hydrogen) atoms. The molecule has 1 aromatic heterocycles. The van der Waals surface area contributed by atoms with Crippen molar-refractivity contribution in [1.82, 2.24) is 14.7 Å². The van der Waals surface area contributed by atoms with Gasteiger partial charge in [0, 0.05) is 23.8 Å². The van der Waals surface area contributed by atoms with Gasteiger partial charge in [-0.2, -0.15) is 5.10 Å². The third-order valence-electron chi connectivity index (χ3n) is 6.05. The molecule has 1 saturated heterocycles. The monoisotopic (exact) mass is 367 g/mol. The van der Waals surface area contributed by atoms with Crippen LogP contribution in [0.5, 0.6) is 0 Å². The summed E-state index contributed by atoms with van der Waals surface area (Å²) in [7, 11) is 0. The largest absolute Gasteiger partial charge is 0.481 e. The number of rotatable bonds is 4. The van der Waals surface area contributed by atoms with Crippen molar-refractivity contribution in [2.75, 3.05) is 6.54 Å². The Hall–Kier alpha value is -2.63. The summed E-state index contributed by atoms with van der Waals surface area (Å²) in [5, 5.41) is 14.0. The summed E-state index contributed by atoms with van der Waals surface area (Å²) >= 11 is 0. The molecule has 4 rings (SSSR count). The molecule has 2 aliphatic rings. The minimum absolute atomic E-state index is 0.131. The number of aliphatic carboxylic acids is 1. The molecule has 1 aromatic carbocycles. The second-order valence-corrected chi connectivity index (χ2v) is 7.53. The van der Waals surface area contributed by atoms with E-state index in [0.29, 0.717) is 18.7 Å². The number of hydrogen-bond donors (Lipinski definition) is 1. The van der Waals surface area contributed by atoms with Crippen molar-refractivity contribution in [3.63, 3.8) is 0 Å². The molecule has 142 valence electrons. The van der Waals surface area contributed by atoms with Crippen LogP contribution < -0.4 is 0 Å². The highest BCUT2D eigenvalue weighted by Gasteiger charge is 2.40. The van der Waals surface area contributed by atoms with Crippen molar-refractivity contribution in [2.45, 2.75) is 52.0 Å². The van der Waals surface area contributed by atoms with Crippen LogP contribution in [-0.2, 0) is 24.1 Å². The number of hydrogen-bond acceptors (Lipinski definition) is 3. The highest BCUT2D eigenvalue weighted by atomic mass is 16.4. The molecule has 2 heterocycles.